The lowest BCUT2D eigenvalue weighted by molar-refractivity contribution is -0.141. The number of hydrogen-bond donors (Lipinski definition) is 0. The first-order valence-electron chi connectivity index (χ1n) is 10.9. The van der Waals surface area contributed by atoms with Gasteiger partial charge in [-0.05, 0) is 78.5 Å². The molecule has 0 radical (unpaired) electrons. The standard InChI is InChI=1S/C21H32F3N3O2S/c1-19(2,3)27-17(12-18(25-27)21(22,23)24)15-4-6-16(7-5-15)26-10-8-20(9-11-26)13-30(28,29)14-20/h12,15-16H,4-11,13-14H2,1-3H3. The second kappa shape index (κ2) is 7.22. The molecule has 4 rings (SSSR count). The van der Waals surface area contributed by atoms with E-state index in [1.807, 2.05) is 20.8 Å². The first-order chi connectivity index (χ1) is 13.8. The van der Waals surface area contributed by atoms with E-state index in [1.54, 1.807) is 4.68 Å². The van der Waals surface area contributed by atoms with Crippen LogP contribution in [0.4, 0.5) is 13.2 Å². The van der Waals surface area contributed by atoms with Gasteiger partial charge in [0.1, 0.15) is 0 Å². The minimum Gasteiger partial charge on any atom is -0.300 e. The summed E-state index contributed by atoms with van der Waals surface area (Å²) in [5, 5.41) is 3.91. The van der Waals surface area contributed by atoms with Crippen LogP contribution in [0.5, 0.6) is 0 Å². The molecule has 170 valence electrons. The molecule has 5 nitrogen and oxygen atoms in total. The monoisotopic (exact) mass is 447 g/mol. The largest absolute Gasteiger partial charge is 0.435 e. The zero-order valence-electron chi connectivity index (χ0n) is 18.0. The maximum absolute atomic E-state index is 13.3. The second-order valence-corrected chi connectivity index (χ2v) is 12.7. The topological polar surface area (TPSA) is 55.2 Å². The molecule has 1 saturated carbocycles. The summed E-state index contributed by atoms with van der Waals surface area (Å²) in [6, 6.07) is 1.70. The van der Waals surface area contributed by atoms with Gasteiger partial charge in [0.25, 0.3) is 0 Å². The Morgan fingerprint density at radius 3 is 2.07 bits per heavy atom. The third kappa shape index (κ3) is 4.29. The number of sulfone groups is 1. The summed E-state index contributed by atoms with van der Waals surface area (Å²) < 4.78 is 64.5. The fourth-order valence-electron chi connectivity index (χ4n) is 5.64. The quantitative estimate of drug-likeness (QED) is 0.682. The van der Waals surface area contributed by atoms with E-state index >= 15 is 0 Å². The Morgan fingerprint density at radius 1 is 1.03 bits per heavy atom. The minimum absolute atomic E-state index is 0.0136. The fraction of sp³-hybridized carbons (Fsp3) is 0.857. The number of nitrogens with zero attached hydrogens (tertiary/aromatic N) is 3. The van der Waals surface area contributed by atoms with Crippen molar-refractivity contribution in [2.24, 2.45) is 5.41 Å². The predicted octanol–water partition coefficient (Wildman–Crippen LogP) is 4.19. The number of likely N-dealkylation sites (tertiary alicyclic amines) is 1. The van der Waals surface area contributed by atoms with Crippen molar-refractivity contribution in [3.05, 3.63) is 17.5 Å². The van der Waals surface area contributed by atoms with Crippen LogP contribution in [0, 0.1) is 5.41 Å². The molecule has 3 aliphatic rings. The molecule has 30 heavy (non-hydrogen) atoms. The Bertz CT molecular complexity index is 872. The summed E-state index contributed by atoms with van der Waals surface area (Å²) in [6.07, 6.45) is 1.11. The summed E-state index contributed by atoms with van der Waals surface area (Å²) in [5.74, 6) is 0.787. The summed E-state index contributed by atoms with van der Waals surface area (Å²) in [4.78, 5) is 2.48. The number of rotatable bonds is 2. The molecular weight excluding hydrogens is 415 g/mol. The van der Waals surface area contributed by atoms with Crippen molar-refractivity contribution < 1.29 is 21.6 Å². The van der Waals surface area contributed by atoms with Gasteiger partial charge in [-0.1, -0.05) is 0 Å². The molecule has 0 aromatic carbocycles. The molecule has 0 bridgehead atoms. The molecule has 0 amide bonds. The Hall–Kier alpha value is -1.09. The smallest absolute Gasteiger partial charge is 0.300 e. The first kappa shape index (κ1) is 22.1. The van der Waals surface area contributed by atoms with Gasteiger partial charge in [0.15, 0.2) is 15.5 Å². The Morgan fingerprint density at radius 2 is 1.60 bits per heavy atom. The highest BCUT2D eigenvalue weighted by molar-refractivity contribution is 7.92. The first-order valence-corrected chi connectivity index (χ1v) is 12.7. The van der Waals surface area contributed by atoms with Gasteiger partial charge in [-0.25, -0.2) is 8.42 Å². The average Bonchev–Trinajstić information content (AvgIpc) is 3.07. The summed E-state index contributed by atoms with van der Waals surface area (Å²) in [6.45, 7) is 7.53. The molecule has 1 aliphatic carbocycles. The lowest BCUT2D eigenvalue weighted by atomic mass is 9.78. The van der Waals surface area contributed by atoms with Gasteiger partial charge in [0, 0.05) is 23.1 Å². The molecular formula is C21H32F3N3O2S. The summed E-state index contributed by atoms with van der Waals surface area (Å²) in [7, 11) is -2.80. The van der Waals surface area contributed by atoms with Gasteiger partial charge < -0.3 is 4.90 Å². The number of halogens is 3. The maximum atomic E-state index is 13.3. The molecule has 2 aliphatic heterocycles. The van der Waals surface area contributed by atoms with Crippen LogP contribution < -0.4 is 0 Å². The normalized spacial score (nSPS) is 29.7. The Labute approximate surface area is 176 Å². The maximum Gasteiger partial charge on any atom is 0.435 e. The minimum atomic E-state index is -4.43. The van der Waals surface area contributed by atoms with E-state index in [9.17, 15) is 21.6 Å². The molecule has 0 unspecified atom stereocenters. The van der Waals surface area contributed by atoms with Gasteiger partial charge in [0.05, 0.1) is 17.0 Å². The van der Waals surface area contributed by atoms with Crippen molar-refractivity contribution in [1.82, 2.24) is 14.7 Å². The van der Waals surface area contributed by atoms with Crippen LogP contribution in [-0.4, -0.2) is 53.7 Å². The van der Waals surface area contributed by atoms with Crippen LogP contribution in [-0.2, 0) is 21.6 Å². The van der Waals surface area contributed by atoms with E-state index in [2.05, 4.69) is 10.00 Å². The van der Waals surface area contributed by atoms with Crippen molar-refractivity contribution in [1.29, 1.82) is 0 Å². The van der Waals surface area contributed by atoms with E-state index in [0.29, 0.717) is 23.2 Å². The van der Waals surface area contributed by atoms with E-state index in [-0.39, 0.29) is 11.3 Å². The lowest BCUT2D eigenvalue weighted by Crippen LogP contribution is -2.56. The van der Waals surface area contributed by atoms with Crippen molar-refractivity contribution in [3.63, 3.8) is 0 Å². The number of alkyl halides is 3. The van der Waals surface area contributed by atoms with Crippen LogP contribution in [0.2, 0.25) is 0 Å². The van der Waals surface area contributed by atoms with Crippen LogP contribution in [0.25, 0.3) is 0 Å². The van der Waals surface area contributed by atoms with E-state index in [1.165, 1.54) is 6.07 Å². The number of hydrogen-bond acceptors (Lipinski definition) is 4. The molecule has 0 N–H and O–H groups in total. The molecule has 3 fully saturated rings. The van der Waals surface area contributed by atoms with Gasteiger partial charge in [-0.3, -0.25) is 4.68 Å². The third-order valence-corrected chi connectivity index (χ3v) is 9.31. The average molecular weight is 448 g/mol. The van der Waals surface area contributed by atoms with Crippen molar-refractivity contribution in [2.75, 3.05) is 24.6 Å². The summed E-state index contributed by atoms with van der Waals surface area (Å²) >= 11 is 0. The van der Waals surface area contributed by atoms with E-state index < -0.39 is 27.2 Å². The van der Waals surface area contributed by atoms with E-state index in [4.69, 9.17) is 0 Å². The highest BCUT2D eigenvalue weighted by Crippen LogP contribution is 2.44. The Kier molecular flexibility index (Phi) is 5.32. The van der Waals surface area contributed by atoms with Crippen LogP contribution in [0.3, 0.4) is 0 Å². The second-order valence-electron chi connectivity index (χ2n) is 10.6. The van der Waals surface area contributed by atoms with Gasteiger partial charge in [-0.2, -0.15) is 18.3 Å². The van der Waals surface area contributed by atoms with E-state index in [0.717, 1.165) is 51.6 Å². The molecule has 1 aromatic rings. The molecule has 2 saturated heterocycles. The van der Waals surface area contributed by atoms with Gasteiger partial charge in [-0.15, -0.1) is 0 Å². The predicted molar refractivity (Wildman–Crippen MR) is 109 cm³/mol. The van der Waals surface area contributed by atoms with Gasteiger partial charge >= 0.3 is 6.18 Å². The lowest BCUT2D eigenvalue weighted by Gasteiger charge is -2.49. The Balaban J connectivity index is 1.39. The highest BCUT2D eigenvalue weighted by atomic mass is 32.2. The molecule has 3 heterocycles. The zero-order chi connectivity index (χ0) is 21.9. The van der Waals surface area contributed by atoms with Crippen LogP contribution in [0.1, 0.15) is 76.6 Å². The zero-order valence-corrected chi connectivity index (χ0v) is 18.8. The third-order valence-electron chi connectivity index (χ3n) is 7.21. The van der Waals surface area contributed by atoms with Crippen molar-refractivity contribution in [2.45, 2.75) is 83.0 Å². The van der Waals surface area contributed by atoms with Gasteiger partial charge in [0.2, 0.25) is 0 Å². The highest BCUT2D eigenvalue weighted by Gasteiger charge is 2.50. The molecule has 9 heteroatoms. The molecule has 1 aromatic heterocycles. The van der Waals surface area contributed by atoms with Crippen molar-refractivity contribution >= 4 is 9.84 Å². The SMILES string of the molecule is CC(C)(C)n1nc(C(F)(F)F)cc1C1CCC(N2CCC3(CC2)CS(=O)(=O)C3)CC1. The van der Waals surface area contributed by atoms with Crippen molar-refractivity contribution in [3.8, 4) is 0 Å². The van der Waals surface area contributed by atoms with Crippen LogP contribution in [0.15, 0.2) is 6.07 Å². The number of piperidine rings is 1. The summed E-state index contributed by atoms with van der Waals surface area (Å²) in [5.41, 5.74) is -0.587. The molecule has 1 spiro atoms. The fourth-order valence-corrected chi connectivity index (χ4v) is 8.00. The molecule has 0 atom stereocenters. The number of aromatic nitrogens is 2. The van der Waals surface area contributed by atoms with Crippen LogP contribution >= 0.6 is 0 Å².